The maximum Gasteiger partial charge on any atom is 0.296 e. The van der Waals surface area contributed by atoms with E-state index in [4.69, 9.17) is 12.2 Å². The second kappa shape index (κ2) is 13.3. The fraction of sp³-hybridized carbons (Fsp3) is 0.286. The molecule has 0 N–H and O–H groups in total. The van der Waals surface area contributed by atoms with Gasteiger partial charge in [-0.15, -0.1) is 0 Å². The van der Waals surface area contributed by atoms with Crippen molar-refractivity contribution in [2.45, 2.75) is 33.7 Å². The molecule has 4 heterocycles. The van der Waals surface area contributed by atoms with Crippen LogP contribution in [0.2, 0.25) is 0 Å². The first-order valence-electron chi connectivity index (χ1n) is 15.6. The molecule has 0 atom stereocenters. The number of halogens is 1. The number of amides is 1. The van der Waals surface area contributed by atoms with Crippen molar-refractivity contribution in [1.29, 1.82) is 5.26 Å². The van der Waals surface area contributed by atoms with E-state index in [1.807, 2.05) is 42.2 Å². The van der Waals surface area contributed by atoms with Crippen molar-refractivity contribution in [3.05, 3.63) is 108 Å². The zero-order valence-electron chi connectivity index (χ0n) is 27.1. The predicted octanol–water partition coefficient (Wildman–Crippen LogP) is 5.11. The number of hydrogen-bond acceptors (Lipinski definition) is 8. The Morgan fingerprint density at radius 3 is 2.25 bits per heavy atom. The zero-order chi connectivity index (χ0) is 34.3. The van der Waals surface area contributed by atoms with Crippen molar-refractivity contribution >= 4 is 57.5 Å². The van der Waals surface area contributed by atoms with Gasteiger partial charge in [-0.25, -0.2) is 9.07 Å². The Morgan fingerprint density at radius 2 is 1.60 bits per heavy atom. The van der Waals surface area contributed by atoms with E-state index in [-0.39, 0.29) is 31.9 Å². The summed E-state index contributed by atoms with van der Waals surface area (Å²) in [7, 11) is 1.75. The van der Waals surface area contributed by atoms with Crippen molar-refractivity contribution in [3.63, 3.8) is 0 Å². The number of benzene rings is 2. The molecule has 13 heteroatoms. The maximum atomic E-state index is 14.6. The number of thiocarbonyl (C=S) groups is 1. The summed E-state index contributed by atoms with van der Waals surface area (Å²) in [5.74, 6) is -0.161. The van der Waals surface area contributed by atoms with Crippen molar-refractivity contribution in [1.82, 2.24) is 13.9 Å². The van der Waals surface area contributed by atoms with Crippen LogP contribution >= 0.6 is 24.0 Å². The van der Waals surface area contributed by atoms with Gasteiger partial charge in [0.1, 0.15) is 29.0 Å². The lowest BCUT2D eigenvalue weighted by Gasteiger charge is -2.39. The largest absolute Gasteiger partial charge is 0.366 e. The van der Waals surface area contributed by atoms with Crippen LogP contribution in [0.5, 0.6) is 0 Å². The SMILES string of the molecule is CCCn1c(N2CCN(c3ccccc3F)CC2)c(/C=C2\SC(=S)N(c3c(C)n(C)n(-c4ccccc4)c3=O)C2=O)c(C)c(C#N)c1=O. The third-order valence-corrected chi connectivity index (χ3v) is 10.2. The summed E-state index contributed by atoms with van der Waals surface area (Å²) in [6, 6.07) is 17.9. The molecule has 0 unspecified atom stereocenters. The van der Waals surface area contributed by atoms with Crippen molar-refractivity contribution in [2.24, 2.45) is 7.05 Å². The molecule has 48 heavy (non-hydrogen) atoms. The first-order chi connectivity index (χ1) is 23.1. The van der Waals surface area contributed by atoms with Crippen LogP contribution in [0, 0.1) is 31.0 Å². The average molecular weight is 684 g/mol. The summed E-state index contributed by atoms with van der Waals surface area (Å²) in [5.41, 5.74) is 2.14. The standard InChI is InChI=1S/C35H34FN7O3S2/c1-5-15-41-31(40-18-16-39(17-19-40)28-14-10-9-13-27(28)36)25(22(2)26(21-37)32(41)44)20-29-33(45)42(35(47)48-29)30-23(3)38(4)43(34(30)46)24-11-7-6-8-12-24/h6-14,20H,5,15-19H2,1-4H3/b29-20-. The van der Waals surface area contributed by atoms with E-state index >= 15 is 0 Å². The smallest absolute Gasteiger partial charge is 0.296 e. The number of pyridine rings is 1. The van der Waals surface area contributed by atoms with Crippen LogP contribution in [0.25, 0.3) is 11.8 Å². The number of carbonyl (C=O) groups excluding carboxylic acids is 1. The lowest BCUT2D eigenvalue weighted by molar-refractivity contribution is -0.113. The number of para-hydroxylation sites is 2. The molecular weight excluding hydrogens is 650 g/mol. The van der Waals surface area contributed by atoms with E-state index in [9.17, 15) is 24.0 Å². The van der Waals surface area contributed by atoms with Crippen molar-refractivity contribution in [2.75, 3.05) is 40.9 Å². The number of carbonyl (C=O) groups is 1. The highest BCUT2D eigenvalue weighted by Gasteiger charge is 2.38. The molecule has 4 aromatic rings. The summed E-state index contributed by atoms with van der Waals surface area (Å²) in [6.45, 7) is 7.75. The number of hydrogen-bond donors (Lipinski definition) is 0. The van der Waals surface area contributed by atoms with Gasteiger partial charge in [-0.1, -0.05) is 61.2 Å². The normalized spacial score (nSPS) is 15.9. The molecule has 2 aliphatic rings. The van der Waals surface area contributed by atoms with Crippen LogP contribution in [-0.4, -0.2) is 50.3 Å². The van der Waals surface area contributed by atoms with Gasteiger partial charge >= 0.3 is 0 Å². The number of piperazine rings is 1. The van der Waals surface area contributed by atoms with Crippen LogP contribution in [0.15, 0.2) is 69.1 Å². The monoisotopic (exact) mass is 683 g/mol. The zero-order valence-corrected chi connectivity index (χ0v) is 28.7. The van der Waals surface area contributed by atoms with Crippen LogP contribution < -0.4 is 25.8 Å². The van der Waals surface area contributed by atoms with Gasteiger partial charge in [-0.2, -0.15) is 5.26 Å². The fourth-order valence-electron chi connectivity index (χ4n) is 6.39. The minimum atomic E-state index is -0.461. The second-order valence-corrected chi connectivity index (χ2v) is 13.3. The van der Waals surface area contributed by atoms with E-state index in [1.54, 1.807) is 54.4 Å². The van der Waals surface area contributed by atoms with Gasteiger partial charge in [-0.05, 0) is 56.2 Å². The summed E-state index contributed by atoms with van der Waals surface area (Å²) >= 11 is 6.77. The average Bonchev–Trinajstić information content (AvgIpc) is 3.48. The molecular formula is C35H34FN7O3S2. The Hall–Kier alpha value is -4.93. The number of anilines is 3. The van der Waals surface area contributed by atoms with Gasteiger partial charge in [0, 0.05) is 45.3 Å². The van der Waals surface area contributed by atoms with E-state index in [1.165, 1.54) is 15.6 Å². The Bertz CT molecular complexity index is 2140. The summed E-state index contributed by atoms with van der Waals surface area (Å²) in [4.78, 5) is 47.2. The topological polar surface area (TPSA) is 99.5 Å². The van der Waals surface area contributed by atoms with Gasteiger partial charge in [0.2, 0.25) is 0 Å². The maximum absolute atomic E-state index is 14.6. The molecule has 0 aliphatic carbocycles. The lowest BCUT2D eigenvalue weighted by Crippen LogP contribution is -2.49. The Morgan fingerprint density at radius 1 is 0.958 bits per heavy atom. The lowest BCUT2D eigenvalue weighted by atomic mass is 10.0. The molecule has 0 spiro atoms. The molecule has 2 fully saturated rings. The summed E-state index contributed by atoms with van der Waals surface area (Å²) in [6.07, 6.45) is 2.33. The highest BCUT2D eigenvalue weighted by atomic mass is 32.2. The minimum Gasteiger partial charge on any atom is -0.366 e. The quantitative estimate of drug-likeness (QED) is 0.196. The second-order valence-electron chi connectivity index (χ2n) is 11.7. The highest BCUT2D eigenvalue weighted by Crippen LogP contribution is 2.39. The number of nitrogens with zero attached hydrogens (tertiary/aromatic N) is 7. The molecule has 2 aliphatic heterocycles. The van der Waals surface area contributed by atoms with Crippen molar-refractivity contribution < 1.29 is 9.18 Å². The predicted molar refractivity (Wildman–Crippen MR) is 193 cm³/mol. The number of thioether (sulfide) groups is 1. The Balaban J connectivity index is 1.43. The molecule has 10 nitrogen and oxygen atoms in total. The van der Waals surface area contributed by atoms with E-state index in [2.05, 4.69) is 11.0 Å². The molecule has 6 rings (SSSR count). The van der Waals surface area contributed by atoms with Gasteiger partial charge in [-0.3, -0.25) is 28.5 Å². The Labute approximate surface area is 286 Å². The van der Waals surface area contributed by atoms with E-state index in [0.717, 1.165) is 11.8 Å². The van der Waals surface area contributed by atoms with E-state index in [0.29, 0.717) is 73.2 Å². The minimum absolute atomic E-state index is 0.00331. The van der Waals surface area contributed by atoms with Gasteiger partial charge in [0.05, 0.1) is 22.0 Å². The number of nitriles is 1. The molecule has 1 amide bonds. The van der Waals surface area contributed by atoms with Crippen LogP contribution in [0.1, 0.15) is 35.7 Å². The van der Waals surface area contributed by atoms with Gasteiger partial charge < -0.3 is 9.80 Å². The third kappa shape index (κ3) is 5.54. The highest BCUT2D eigenvalue weighted by molar-refractivity contribution is 8.27. The van der Waals surface area contributed by atoms with Crippen LogP contribution in [0.4, 0.5) is 21.6 Å². The molecule has 0 saturated carbocycles. The molecule has 2 saturated heterocycles. The third-order valence-electron chi connectivity index (χ3n) is 8.88. The molecule has 246 valence electrons. The fourth-order valence-corrected chi connectivity index (χ4v) is 7.64. The first-order valence-corrected chi connectivity index (χ1v) is 16.8. The molecule has 2 aromatic carbocycles. The number of aromatic nitrogens is 3. The Kier molecular flexibility index (Phi) is 9.13. The molecule has 2 aromatic heterocycles. The molecule has 0 bridgehead atoms. The van der Waals surface area contributed by atoms with Gasteiger partial charge in [0.25, 0.3) is 17.0 Å². The van der Waals surface area contributed by atoms with Crippen LogP contribution in [-0.2, 0) is 18.4 Å². The van der Waals surface area contributed by atoms with E-state index < -0.39 is 11.5 Å². The summed E-state index contributed by atoms with van der Waals surface area (Å²) in [5, 5.41) is 10.1. The van der Waals surface area contributed by atoms with Gasteiger partial charge in [0.15, 0.2) is 4.32 Å². The van der Waals surface area contributed by atoms with Crippen molar-refractivity contribution in [3.8, 4) is 11.8 Å². The number of rotatable bonds is 7. The first kappa shape index (κ1) is 33.0. The summed E-state index contributed by atoms with van der Waals surface area (Å²) < 4.78 is 19.6. The molecule has 0 radical (unpaired) electrons. The van der Waals surface area contributed by atoms with Crippen LogP contribution in [0.3, 0.4) is 0 Å².